The maximum atomic E-state index is 6.17. The number of nitrogens with zero attached hydrogens (tertiary/aromatic N) is 2. The van der Waals surface area contributed by atoms with E-state index in [1.807, 2.05) is 29.6 Å². The van der Waals surface area contributed by atoms with Gasteiger partial charge in [-0.15, -0.1) is 11.3 Å². The van der Waals surface area contributed by atoms with Crippen molar-refractivity contribution in [3.63, 3.8) is 0 Å². The Kier molecular flexibility index (Phi) is 6.33. The van der Waals surface area contributed by atoms with Crippen LogP contribution in [0.25, 0.3) is 0 Å². The Balaban J connectivity index is 1.67. The summed E-state index contributed by atoms with van der Waals surface area (Å²) in [5.41, 5.74) is 4.57. The van der Waals surface area contributed by atoms with Gasteiger partial charge in [-0.25, -0.2) is 4.98 Å². The molecule has 1 aromatic heterocycles. The van der Waals surface area contributed by atoms with Crippen LogP contribution in [0.5, 0.6) is 11.5 Å². The number of methoxy groups -OCH3 is 1. The largest absolute Gasteiger partial charge is 0.493 e. The van der Waals surface area contributed by atoms with Crippen LogP contribution in [0.1, 0.15) is 11.1 Å². The molecular weight excluding hydrogens is 393 g/mol. The lowest BCUT2D eigenvalue weighted by Gasteiger charge is -2.12. The van der Waals surface area contributed by atoms with Gasteiger partial charge in [0, 0.05) is 27.2 Å². The molecule has 8 heteroatoms. The fourth-order valence-electron chi connectivity index (χ4n) is 2.12. The van der Waals surface area contributed by atoms with Gasteiger partial charge in [-0.2, -0.15) is 5.10 Å². The molecule has 0 spiro atoms. The predicted molar refractivity (Wildman–Crippen MR) is 107 cm³/mol. The van der Waals surface area contributed by atoms with E-state index in [-0.39, 0.29) is 0 Å². The summed E-state index contributed by atoms with van der Waals surface area (Å²) in [5.74, 6) is 1.22. The van der Waals surface area contributed by atoms with E-state index >= 15 is 0 Å². The van der Waals surface area contributed by atoms with E-state index in [1.54, 1.807) is 31.7 Å². The fraction of sp³-hybridized carbons (Fsp3) is 0.111. The highest BCUT2D eigenvalue weighted by molar-refractivity contribution is 7.13. The van der Waals surface area contributed by atoms with Crippen LogP contribution in [0, 0.1) is 0 Å². The minimum Gasteiger partial charge on any atom is -0.493 e. The Morgan fingerprint density at radius 3 is 2.81 bits per heavy atom. The fourth-order valence-corrected chi connectivity index (χ4v) is 3.06. The zero-order valence-electron chi connectivity index (χ0n) is 13.8. The van der Waals surface area contributed by atoms with Crippen LogP contribution in [0.2, 0.25) is 10.0 Å². The average molecular weight is 408 g/mol. The highest BCUT2D eigenvalue weighted by atomic mass is 35.5. The van der Waals surface area contributed by atoms with Crippen LogP contribution >= 0.6 is 34.5 Å². The third kappa shape index (κ3) is 4.88. The molecule has 3 rings (SSSR count). The lowest BCUT2D eigenvalue weighted by Crippen LogP contribution is -1.99. The van der Waals surface area contributed by atoms with Crippen LogP contribution in [-0.4, -0.2) is 18.3 Å². The van der Waals surface area contributed by atoms with E-state index in [0.717, 1.165) is 16.3 Å². The van der Waals surface area contributed by atoms with Gasteiger partial charge in [0.25, 0.3) is 0 Å². The number of ether oxygens (including phenoxy) is 2. The Morgan fingerprint density at radius 2 is 2.08 bits per heavy atom. The molecule has 1 heterocycles. The van der Waals surface area contributed by atoms with Crippen molar-refractivity contribution in [2.24, 2.45) is 5.10 Å². The number of hydrogen-bond donors (Lipinski definition) is 1. The van der Waals surface area contributed by atoms with Crippen molar-refractivity contribution in [1.82, 2.24) is 4.98 Å². The third-order valence-electron chi connectivity index (χ3n) is 3.39. The summed E-state index contributed by atoms with van der Waals surface area (Å²) in [5, 5.41) is 7.91. The number of benzene rings is 2. The molecule has 0 atom stereocenters. The van der Waals surface area contributed by atoms with E-state index in [9.17, 15) is 0 Å². The van der Waals surface area contributed by atoms with Crippen LogP contribution in [0.3, 0.4) is 0 Å². The van der Waals surface area contributed by atoms with E-state index in [0.29, 0.717) is 28.2 Å². The van der Waals surface area contributed by atoms with Crippen LogP contribution in [-0.2, 0) is 6.61 Å². The zero-order valence-corrected chi connectivity index (χ0v) is 16.1. The van der Waals surface area contributed by atoms with Gasteiger partial charge in [-0.05, 0) is 35.9 Å². The smallest absolute Gasteiger partial charge is 0.203 e. The molecule has 3 aromatic rings. The van der Waals surface area contributed by atoms with Gasteiger partial charge < -0.3 is 9.47 Å². The number of hydrogen-bond acceptors (Lipinski definition) is 6. The molecule has 5 nitrogen and oxygen atoms in total. The van der Waals surface area contributed by atoms with Crippen molar-refractivity contribution in [2.75, 3.05) is 12.5 Å². The monoisotopic (exact) mass is 407 g/mol. The summed E-state index contributed by atoms with van der Waals surface area (Å²) in [6, 6.07) is 10.8. The van der Waals surface area contributed by atoms with Crippen LogP contribution < -0.4 is 14.9 Å². The molecule has 0 saturated heterocycles. The van der Waals surface area contributed by atoms with Gasteiger partial charge in [0.2, 0.25) is 5.13 Å². The molecule has 0 fully saturated rings. The number of thiazole rings is 1. The topological polar surface area (TPSA) is 55.7 Å². The molecule has 0 aliphatic carbocycles. The first-order valence-corrected chi connectivity index (χ1v) is 9.22. The van der Waals surface area contributed by atoms with E-state index in [4.69, 9.17) is 32.7 Å². The van der Waals surface area contributed by atoms with Crippen molar-refractivity contribution in [3.8, 4) is 11.5 Å². The lowest BCUT2D eigenvalue weighted by atomic mass is 10.2. The van der Waals surface area contributed by atoms with Crippen LogP contribution in [0.15, 0.2) is 53.1 Å². The number of nitrogens with one attached hydrogen (secondary N) is 1. The minimum atomic E-state index is 0.311. The first kappa shape index (κ1) is 18.5. The summed E-state index contributed by atoms with van der Waals surface area (Å²) in [6.45, 7) is 0.311. The molecule has 0 saturated carbocycles. The molecule has 0 unspecified atom stereocenters. The molecule has 0 bridgehead atoms. The molecule has 26 heavy (non-hydrogen) atoms. The molecule has 1 N–H and O–H groups in total. The third-order valence-corrected chi connectivity index (χ3v) is 4.66. The number of halogens is 2. The quantitative estimate of drug-likeness (QED) is 0.415. The summed E-state index contributed by atoms with van der Waals surface area (Å²) in [4.78, 5) is 4.09. The summed E-state index contributed by atoms with van der Waals surface area (Å²) in [7, 11) is 1.59. The molecule has 0 radical (unpaired) electrons. The highest BCUT2D eigenvalue weighted by Gasteiger charge is 2.08. The van der Waals surface area contributed by atoms with Gasteiger partial charge in [-0.1, -0.05) is 29.3 Å². The Bertz CT molecular complexity index is 901. The van der Waals surface area contributed by atoms with Gasteiger partial charge >= 0.3 is 0 Å². The maximum absolute atomic E-state index is 6.17. The van der Waals surface area contributed by atoms with Crippen molar-refractivity contribution in [2.45, 2.75) is 6.61 Å². The predicted octanol–water partition coefficient (Wildman–Crippen LogP) is 5.48. The molecule has 0 aliphatic rings. The van der Waals surface area contributed by atoms with E-state index in [2.05, 4.69) is 15.5 Å². The Morgan fingerprint density at radius 1 is 1.19 bits per heavy atom. The standard InChI is InChI=1S/C18H15Cl2N3O2S/c1-24-17-8-12(10-22-23-18-21-6-7-26-18)2-5-16(17)25-11-13-3-4-14(19)9-15(13)20/h2-10H,11H2,1H3,(H,21,23)/b22-10-. The molecule has 0 aliphatic heterocycles. The zero-order chi connectivity index (χ0) is 18.4. The Labute approximate surface area is 165 Å². The maximum Gasteiger partial charge on any atom is 0.203 e. The first-order chi connectivity index (χ1) is 12.7. The molecule has 134 valence electrons. The Hall–Kier alpha value is -2.28. The average Bonchev–Trinajstić information content (AvgIpc) is 3.15. The number of aromatic nitrogens is 1. The van der Waals surface area contributed by atoms with Crippen molar-refractivity contribution in [1.29, 1.82) is 0 Å². The minimum absolute atomic E-state index is 0.311. The highest BCUT2D eigenvalue weighted by Crippen LogP contribution is 2.29. The molecule has 0 amide bonds. The van der Waals surface area contributed by atoms with Crippen LogP contribution in [0.4, 0.5) is 5.13 Å². The van der Waals surface area contributed by atoms with E-state index in [1.165, 1.54) is 11.3 Å². The number of hydrazone groups is 1. The van der Waals surface area contributed by atoms with Gasteiger partial charge in [0.05, 0.1) is 13.3 Å². The van der Waals surface area contributed by atoms with Gasteiger partial charge in [-0.3, -0.25) is 5.43 Å². The van der Waals surface area contributed by atoms with Crippen molar-refractivity contribution >= 4 is 45.9 Å². The van der Waals surface area contributed by atoms with Gasteiger partial charge in [0.1, 0.15) is 6.61 Å². The second-order valence-corrected chi connectivity index (χ2v) is 6.88. The summed E-state index contributed by atoms with van der Waals surface area (Å²) >= 11 is 13.6. The normalized spacial score (nSPS) is 10.9. The summed E-state index contributed by atoms with van der Waals surface area (Å²) in [6.07, 6.45) is 3.40. The number of anilines is 1. The second-order valence-electron chi connectivity index (χ2n) is 5.14. The summed E-state index contributed by atoms with van der Waals surface area (Å²) < 4.78 is 11.2. The van der Waals surface area contributed by atoms with Crippen molar-refractivity contribution < 1.29 is 9.47 Å². The molecular formula is C18H15Cl2N3O2S. The lowest BCUT2D eigenvalue weighted by molar-refractivity contribution is 0.284. The SMILES string of the molecule is COc1cc(/C=N\Nc2nccs2)ccc1OCc1ccc(Cl)cc1Cl. The van der Waals surface area contributed by atoms with Gasteiger partial charge in [0.15, 0.2) is 11.5 Å². The second kappa shape index (κ2) is 8.89. The van der Waals surface area contributed by atoms with E-state index < -0.39 is 0 Å². The van der Waals surface area contributed by atoms with Crippen molar-refractivity contribution in [3.05, 3.63) is 69.1 Å². The number of rotatable bonds is 7. The molecule has 2 aromatic carbocycles. The first-order valence-electron chi connectivity index (χ1n) is 7.59.